The zero-order valence-corrected chi connectivity index (χ0v) is 11.4. The molecule has 0 amide bonds. The van der Waals surface area contributed by atoms with E-state index in [1.54, 1.807) is 6.07 Å². The number of aromatic nitrogens is 1. The second-order valence-corrected chi connectivity index (χ2v) is 5.27. The molecular formula is C16H17NO2. The number of hydrogen-bond acceptors (Lipinski definition) is 2. The lowest BCUT2D eigenvalue weighted by molar-refractivity contribution is 0.269. The average Bonchev–Trinajstić information content (AvgIpc) is 2.50. The molecule has 3 heteroatoms. The maximum atomic E-state index is 12.0. The van der Waals surface area contributed by atoms with E-state index in [0.29, 0.717) is 6.61 Å². The fraction of sp³-hybridized carbons (Fsp3) is 0.312. The highest BCUT2D eigenvalue weighted by molar-refractivity contribution is 5.69. The van der Waals surface area contributed by atoms with E-state index < -0.39 is 0 Å². The molecule has 1 aromatic heterocycles. The molecule has 2 aromatic rings. The SMILES string of the molecule is Cc1ccc2c(c1)-c1cc(=O)c(C)cn1[C@H](C)CO2. The Labute approximate surface area is 112 Å². The van der Waals surface area contributed by atoms with Crippen molar-refractivity contribution in [1.82, 2.24) is 4.57 Å². The van der Waals surface area contributed by atoms with Gasteiger partial charge in [-0.25, -0.2) is 0 Å². The molecule has 0 aliphatic carbocycles. The Morgan fingerprint density at radius 2 is 2.05 bits per heavy atom. The molecule has 0 saturated heterocycles. The molecule has 0 radical (unpaired) electrons. The maximum Gasteiger partial charge on any atom is 0.185 e. The van der Waals surface area contributed by atoms with Crippen molar-refractivity contribution in [2.75, 3.05) is 6.61 Å². The fourth-order valence-corrected chi connectivity index (χ4v) is 2.50. The summed E-state index contributed by atoms with van der Waals surface area (Å²) in [6, 6.07) is 8.03. The highest BCUT2D eigenvalue weighted by Crippen LogP contribution is 2.35. The van der Waals surface area contributed by atoms with Crippen LogP contribution in [-0.2, 0) is 0 Å². The van der Waals surface area contributed by atoms with E-state index in [9.17, 15) is 4.79 Å². The predicted molar refractivity (Wildman–Crippen MR) is 75.8 cm³/mol. The Morgan fingerprint density at radius 1 is 1.26 bits per heavy atom. The number of pyridine rings is 1. The molecule has 2 heterocycles. The Kier molecular flexibility index (Phi) is 2.70. The van der Waals surface area contributed by atoms with Crippen LogP contribution in [0.2, 0.25) is 0 Å². The van der Waals surface area contributed by atoms with Gasteiger partial charge in [0.25, 0.3) is 0 Å². The maximum absolute atomic E-state index is 12.0. The van der Waals surface area contributed by atoms with Gasteiger partial charge in [0.2, 0.25) is 0 Å². The third-order valence-corrected chi connectivity index (χ3v) is 3.63. The molecule has 3 rings (SSSR count). The minimum atomic E-state index is 0.0767. The highest BCUT2D eigenvalue weighted by atomic mass is 16.5. The van der Waals surface area contributed by atoms with Gasteiger partial charge in [0.1, 0.15) is 12.4 Å². The monoisotopic (exact) mass is 255 g/mol. The first-order chi connectivity index (χ1) is 9.06. The quantitative estimate of drug-likeness (QED) is 0.724. The van der Waals surface area contributed by atoms with E-state index in [1.165, 1.54) is 0 Å². The lowest BCUT2D eigenvalue weighted by atomic mass is 10.1. The lowest BCUT2D eigenvalue weighted by Gasteiger charge is -2.17. The third kappa shape index (κ3) is 1.95. The number of aryl methyl sites for hydroxylation is 2. The van der Waals surface area contributed by atoms with Crippen molar-refractivity contribution in [3.8, 4) is 17.0 Å². The summed E-state index contributed by atoms with van der Waals surface area (Å²) < 4.78 is 8.00. The molecule has 0 fully saturated rings. The van der Waals surface area contributed by atoms with E-state index >= 15 is 0 Å². The van der Waals surface area contributed by atoms with Gasteiger partial charge in [0.05, 0.1) is 11.7 Å². The number of rotatable bonds is 0. The van der Waals surface area contributed by atoms with Gasteiger partial charge in [-0.1, -0.05) is 11.6 Å². The first-order valence-electron chi connectivity index (χ1n) is 6.53. The second-order valence-electron chi connectivity index (χ2n) is 5.27. The van der Waals surface area contributed by atoms with Crippen LogP contribution in [0.15, 0.2) is 35.3 Å². The minimum Gasteiger partial charge on any atom is -0.491 e. The highest BCUT2D eigenvalue weighted by Gasteiger charge is 2.20. The van der Waals surface area contributed by atoms with Gasteiger partial charge < -0.3 is 9.30 Å². The van der Waals surface area contributed by atoms with Crippen LogP contribution in [0.4, 0.5) is 0 Å². The summed E-state index contributed by atoms with van der Waals surface area (Å²) in [5.74, 6) is 0.854. The fourth-order valence-electron chi connectivity index (χ4n) is 2.50. The van der Waals surface area contributed by atoms with Crippen LogP contribution >= 0.6 is 0 Å². The second kappa shape index (κ2) is 4.26. The topological polar surface area (TPSA) is 31.2 Å². The number of hydrogen-bond donors (Lipinski definition) is 0. The normalized spacial score (nSPS) is 17.1. The Bertz CT molecular complexity index is 700. The van der Waals surface area contributed by atoms with E-state index in [2.05, 4.69) is 17.6 Å². The Morgan fingerprint density at radius 3 is 2.84 bits per heavy atom. The largest absolute Gasteiger partial charge is 0.491 e. The third-order valence-electron chi connectivity index (χ3n) is 3.63. The van der Waals surface area contributed by atoms with Crippen LogP contribution in [0.3, 0.4) is 0 Å². The molecule has 1 atom stereocenters. The van der Waals surface area contributed by atoms with Crippen molar-refractivity contribution in [3.05, 3.63) is 51.8 Å². The van der Waals surface area contributed by atoms with Gasteiger partial charge in [-0.05, 0) is 32.9 Å². The van der Waals surface area contributed by atoms with Crippen LogP contribution in [0.5, 0.6) is 5.75 Å². The van der Waals surface area contributed by atoms with Crippen molar-refractivity contribution < 1.29 is 4.74 Å². The van der Waals surface area contributed by atoms with Gasteiger partial charge >= 0.3 is 0 Å². The summed E-state index contributed by atoms with van der Waals surface area (Å²) in [4.78, 5) is 12.0. The number of nitrogens with zero attached hydrogens (tertiary/aromatic N) is 1. The van der Waals surface area contributed by atoms with E-state index in [0.717, 1.165) is 28.1 Å². The molecule has 1 aromatic carbocycles. The van der Waals surface area contributed by atoms with Crippen LogP contribution in [-0.4, -0.2) is 11.2 Å². The number of ether oxygens (including phenoxy) is 1. The molecule has 1 aliphatic rings. The molecule has 19 heavy (non-hydrogen) atoms. The Balaban J connectivity index is 2.35. The van der Waals surface area contributed by atoms with Crippen molar-refractivity contribution >= 4 is 0 Å². The molecule has 3 nitrogen and oxygen atoms in total. The van der Waals surface area contributed by atoms with Crippen LogP contribution < -0.4 is 10.2 Å². The standard InChI is InChI=1S/C16H17NO2/c1-10-4-5-16-13(6-10)14-7-15(18)11(2)8-17(14)12(3)9-19-16/h4-8,12H,9H2,1-3H3/t12-/m1/s1. The first kappa shape index (κ1) is 12.0. The molecule has 0 spiro atoms. The Hall–Kier alpha value is -2.03. The molecule has 0 bridgehead atoms. The molecular weight excluding hydrogens is 238 g/mol. The van der Waals surface area contributed by atoms with Gasteiger partial charge in [-0.15, -0.1) is 0 Å². The van der Waals surface area contributed by atoms with Crippen molar-refractivity contribution in [2.24, 2.45) is 0 Å². The smallest absolute Gasteiger partial charge is 0.185 e. The number of fused-ring (bicyclic) bond motifs is 3. The lowest BCUT2D eigenvalue weighted by Crippen LogP contribution is -2.17. The van der Waals surface area contributed by atoms with E-state index in [1.807, 2.05) is 32.2 Å². The van der Waals surface area contributed by atoms with Crippen molar-refractivity contribution in [1.29, 1.82) is 0 Å². The van der Waals surface area contributed by atoms with Crippen molar-refractivity contribution in [3.63, 3.8) is 0 Å². The van der Waals surface area contributed by atoms with Gasteiger partial charge in [-0.3, -0.25) is 4.79 Å². The zero-order chi connectivity index (χ0) is 13.6. The molecule has 0 unspecified atom stereocenters. The van der Waals surface area contributed by atoms with E-state index in [4.69, 9.17) is 4.74 Å². The minimum absolute atomic E-state index is 0.0767. The zero-order valence-electron chi connectivity index (χ0n) is 11.4. The number of benzene rings is 1. The van der Waals surface area contributed by atoms with Gasteiger partial charge in [0.15, 0.2) is 5.43 Å². The van der Waals surface area contributed by atoms with Crippen molar-refractivity contribution in [2.45, 2.75) is 26.8 Å². The predicted octanol–water partition coefficient (Wildman–Crippen LogP) is 3.09. The van der Waals surface area contributed by atoms with Crippen LogP contribution in [0.1, 0.15) is 24.1 Å². The summed E-state index contributed by atoms with van der Waals surface area (Å²) in [6.45, 7) is 6.62. The molecule has 0 saturated carbocycles. The summed E-state index contributed by atoms with van der Waals surface area (Å²) in [7, 11) is 0. The molecule has 98 valence electrons. The first-order valence-corrected chi connectivity index (χ1v) is 6.53. The van der Waals surface area contributed by atoms with E-state index in [-0.39, 0.29) is 11.5 Å². The summed E-state index contributed by atoms with van der Waals surface area (Å²) >= 11 is 0. The summed E-state index contributed by atoms with van der Waals surface area (Å²) in [5.41, 5.74) is 3.96. The van der Waals surface area contributed by atoms with Crippen LogP contribution in [0.25, 0.3) is 11.3 Å². The summed E-state index contributed by atoms with van der Waals surface area (Å²) in [5, 5.41) is 0. The van der Waals surface area contributed by atoms with Gasteiger partial charge in [-0.2, -0.15) is 0 Å². The summed E-state index contributed by atoms with van der Waals surface area (Å²) in [6.07, 6.45) is 1.93. The van der Waals surface area contributed by atoms with Crippen LogP contribution in [0, 0.1) is 13.8 Å². The van der Waals surface area contributed by atoms with Gasteiger partial charge in [0, 0.05) is 23.4 Å². The molecule has 1 aliphatic heterocycles. The average molecular weight is 255 g/mol. The molecule has 0 N–H and O–H groups in total.